The van der Waals surface area contributed by atoms with Crippen LogP contribution < -0.4 is 0 Å². The van der Waals surface area contributed by atoms with E-state index in [1.807, 2.05) is 0 Å². The lowest BCUT2D eigenvalue weighted by atomic mass is 9.76. The van der Waals surface area contributed by atoms with Gasteiger partial charge in [-0.25, -0.2) is 0 Å². The SMILES string of the molecule is COC1(OC)C(O)C(OC)(OC)C1O. The summed E-state index contributed by atoms with van der Waals surface area (Å²) in [5.41, 5.74) is 0. The molecule has 0 heterocycles. The number of rotatable bonds is 4. The van der Waals surface area contributed by atoms with Crippen molar-refractivity contribution in [2.24, 2.45) is 0 Å². The predicted molar refractivity (Wildman–Crippen MR) is 45.5 cm³/mol. The third-order valence-electron chi connectivity index (χ3n) is 2.80. The zero-order chi connectivity index (χ0) is 11.0. The van der Waals surface area contributed by atoms with Crippen LogP contribution in [-0.2, 0) is 18.9 Å². The second kappa shape index (κ2) is 3.73. The fourth-order valence-corrected chi connectivity index (χ4v) is 1.82. The van der Waals surface area contributed by atoms with Crippen LogP contribution in [0, 0.1) is 0 Å². The second-order valence-electron chi connectivity index (χ2n) is 3.06. The smallest absolute Gasteiger partial charge is 0.232 e. The van der Waals surface area contributed by atoms with Crippen molar-refractivity contribution >= 4 is 0 Å². The monoisotopic (exact) mass is 208 g/mol. The van der Waals surface area contributed by atoms with Crippen LogP contribution >= 0.6 is 0 Å². The van der Waals surface area contributed by atoms with E-state index in [9.17, 15) is 10.2 Å². The summed E-state index contributed by atoms with van der Waals surface area (Å²) >= 11 is 0. The molecule has 0 atom stereocenters. The number of methoxy groups -OCH3 is 4. The molecule has 14 heavy (non-hydrogen) atoms. The average molecular weight is 208 g/mol. The minimum atomic E-state index is -1.48. The van der Waals surface area contributed by atoms with E-state index in [-0.39, 0.29) is 0 Å². The van der Waals surface area contributed by atoms with E-state index in [1.54, 1.807) is 0 Å². The summed E-state index contributed by atoms with van der Waals surface area (Å²) in [4.78, 5) is 0. The highest BCUT2D eigenvalue weighted by atomic mass is 16.8. The zero-order valence-electron chi connectivity index (χ0n) is 8.68. The molecular weight excluding hydrogens is 192 g/mol. The van der Waals surface area contributed by atoms with Crippen LogP contribution in [0.5, 0.6) is 0 Å². The summed E-state index contributed by atoms with van der Waals surface area (Å²) in [5.74, 6) is -2.96. The Labute approximate surface area is 82.3 Å². The standard InChI is InChI=1S/C8H16O6/c1-11-7(12-2)5(9)8(13-3,14-4)6(7)10/h5-6,9-10H,1-4H3. The van der Waals surface area contributed by atoms with Crippen LogP contribution in [0.2, 0.25) is 0 Å². The Morgan fingerprint density at radius 1 is 0.714 bits per heavy atom. The first-order valence-corrected chi connectivity index (χ1v) is 4.12. The van der Waals surface area contributed by atoms with Crippen LogP contribution in [0.1, 0.15) is 0 Å². The van der Waals surface area contributed by atoms with Gasteiger partial charge in [0.25, 0.3) is 0 Å². The van der Waals surface area contributed by atoms with Crippen molar-refractivity contribution in [1.82, 2.24) is 0 Å². The van der Waals surface area contributed by atoms with Gasteiger partial charge in [0.05, 0.1) is 0 Å². The highest BCUT2D eigenvalue weighted by Gasteiger charge is 2.75. The van der Waals surface area contributed by atoms with Gasteiger partial charge in [0.2, 0.25) is 11.6 Å². The molecule has 1 aliphatic rings. The third kappa shape index (κ3) is 1.06. The van der Waals surface area contributed by atoms with Gasteiger partial charge in [0.15, 0.2) is 12.2 Å². The Balaban J connectivity index is 2.92. The first-order chi connectivity index (χ1) is 6.55. The minimum Gasteiger partial charge on any atom is -0.382 e. The summed E-state index contributed by atoms with van der Waals surface area (Å²) in [5, 5.41) is 19.6. The first-order valence-electron chi connectivity index (χ1n) is 4.12. The molecule has 0 aromatic carbocycles. The van der Waals surface area contributed by atoms with E-state index in [0.29, 0.717) is 0 Å². The van der Waals surface area contributed by atoms with Gasteiger partial charge in [0.1, 0.15) is 0 Å². The van der Waals surface area contributed by atoms with Gasteiger partial charge in [-0.3, -0.25) is 0 Å². The van der Waals surface area contributed by atoms with E-state index in [4.69, 9.17) is 18.9 Å². The molecule has 1 fully saturated rings. The summed E-state index contributed by atoms with van der Waals surface area (Å²) in [7, 11) is 5.30. The molecule has 0 aliphatic heterocycles. The summed E-state index contributed by atoms with van der Waals surface area (Å²) < 4.78 is 19.7. The fraction of sp³-hybridized carbons (Fsp3) is 1.00. The molecule has 1 saturated carbocycles. The molecule has 1 rings (SSSR count). The van der Waals surface area contributed by atoms with Crippen molar-refractivity contribution < 1.29 is 29.2 Å². The molecule has 2 N–H and O–H groups in total. The summed E-state index contributed by atoms with van der Waals surface area (Å²) in [6.45, 7) is 0. The Morgan fingerprint density at radius 3 is 1.07 bits per heavy atom. The van der Waals surface area contributed by atoms with Gasteiger partial charge < -0.3 is 29.2 Å². The van der Waals surface area contributed by atoms with Crippen molar-refractivity contribution in [2.75, 3.05) is 28.4 Å². The molecule has 0 saturated heterocycles. The Hall–Kier alpha value is -0.240. The van der Waals surface area contributed by atoms with Crippen LogP contribution in [0.15, 0.2) is 0 Å². The number of ether oxygens (including phenoxy) is 4. The van der Waals surface area contributed by atoms with E-state index in [0.717, 1.165) is 0 Å². The average Bonchev–Trinajstić information content (AvgIpc) is 2.23. The van der Waals surface area contributed by atoms with Crippen molar-refractivity contribution in [3.8, 4) is 0 Å². The molecular formula is C8H16O6. The van der Waals surface area contributed by atoms with Crippen LogP contribution in [-0.4, -0.2) is 62.4 Å². The maximum atomic E-state index is 9.78. The number of aliphatic hydroxyl groups excluding tert-OH is 2. The summed E-state index contributed by atoms with van der Waals surface area (Å²) in [6, 6.07) is 0. The molecule has 84 valence electrons. The highest BCUT2D eigenvalue weighted by Crippen LogP contribution is 2.47. The maximum absolute atomic E-state index is 9.78. The van der Waals surface area contributed by atoms with Gasteiger partial charge in [-0.15, -0.1) is 0 Å². The second-order valence-corrected chi connectivity index (χ2v) is 3.06. The predicted octanol–water partition coefficient (Wildman–Crippen LogP) is -1.30. The normalized spacial score (nSPS) is 33.9. The van der Waals surface area contributed by atoms with Crippen LogP contribution in [0.3, 0.4) is 0 Å². The molecule has 1 aliphatic carbocycles. The topological polar surface area (TPSA) is 77.4 Å². The van der Waals surface area contributed by atoms with Crippen molar-refractivity contribution in [1.29, 1.82) is 0 Å². The van der Waals surface area contributed by atoms with Gasteiger partial charge in [0, 0.05) is 28.4 Å². The number of hydrogen-bond acceptors (Lipinski definition) is 6. The zero-order valence-corrected chi connectivity index (χ0v) is 8.68. The number of hydrogen-bond donors (Lipinski definition) is 2. The summed E-state index contributed by atoms with van der Waals surface area (Å²) in [6.07, 6.45) is -2.43. The maximum Gasteiger partial charge on any atom is 0.232 e. The lowest BCUT2D eigenvalue weighted by Crippen LogP contribution is -2.83. The quantitative estimate of drug-likeness (QED) is 0.559. The Bertz CT molecular complexity index is 164. The van der Waals surface area contributed by atoms with E-state index >= 15 is 0 Å². The molecule has 0 unspecified atom stereocenters. The molecule has 0 aromatic heterocycles. The van der Waals surface area contributed by atoms with Gasteiger partial charge in [-0.1, -0.05) is 0 Å². The molecule has 0 bridgehead atoms. The van der Waals surface area contributed by atoms with Crippen LogP contribution in [0.25, 0.3) is 0 Å². The lowest BCUT2D eigenvalue weighted by molar-refractivity contribution is -0.484. The van der Waals surface area contributed by atoms with Gasteiger partial charge in [-0.05, 0) is 0 Å². The van der Waals surface area contributed by atoms with Gasteiger partial charge in [-0.2, -0.15) is 0 Å². The van der Waals surface area contributed by atoms with Crippen molar-refractivity contribution in [3.05, 3.63) is 0 Å². The fourth-order valence-electron chi connectivity index (χ4n) is 1.82. The largest absolute Gasteiger partial charge is 0.382 e. The highest BCUT2D eigenvalue weighted by molar-refractivity contribution is 5.13. The van der Waals surface area contributed by atoms with Crippen LogP contribution in [0.4, 0.5) is 0 Å². The third-order valence-corrected chi connectivity index (χ3v) is 2.80. The van der Waals surface area contributed by atoms with E-state index in [2.05, 4.69) is 0 Å². The first kappa shape index (κ1) is 11.8. The molecule has 0 spiro atoms. The molecule has 6 heteroatoms. The molecule has 6 nitrogen and oxygen atoms in total. The minimum absolute atomic E-state index is 1.21. The Morgan fingerprint density at radius 2 is 0.929 bits per heavy atom. The molecule has 0 amide bonds. The lowest BCUT2D eigenvalue weighted by Gasteiger charge is -2.58. The van der Waals surface area contributed by atoms with Gasteiger partial charge >= 0.3 is 0 Å². The van der Waals surface area contributed by atoms with E-state index in [1.165, 1.54) is 28.4 Å². The van der Waals surface area contributed by atoms with Crippen molar-refractivity contribution in [2.45, 2.75) is 23.8 Å². The Kier molecular flexibility index (Phi) is 3.15. The number of aliphatic hydroxyl groups is 2. The van der Waals surface area contributed by atoms with E-state index < -0.39 is 23.8 Å². The van der Waals surface area contributed by atoms with Crippen molar-refractivity contribution in [3.63, 3.8) is 0 Å². The molecule has 0 aromatic rings. The molecule has 0 radical (unpaired) electrons.